The number of guanidine groups is 1. The van der Waals surface area contributed by atoms with E-state index in [9.17, 15) is 5.11 Å². The van der Waals surface area contributed by atoms with Crippen molar-refractivity contribution in [1.82, 2.24) is 0 Å². The number of hydrogen-bond acceptors (Lipinski definition) is 4. The summed E-state index contributed by atoms with van der Waals surface area (Å²) >= 11 is 0. The van der Waals surface area contributed by atoms with Crippen molar-refractivity contribution in [2.45, 2.75) is 20.1 Å². The summed E-state index contributed by atoms with van der Waals surface area (Å²) in [4.78, 5) is 7.58. The lowest BCUT2D eigenvalue weighted by molar-refractivity contribution is 0.153. The van der Waals surface area contributed by atoms with Crippen LogP contribution in [0.5, 0.6) is 0 Å². The van der Waals surface area contributed by atoms with Gasteiger partial charge in [-0.3, -0.25) is 0 Å². The molecule has 2 atom stereocenters. The van der Waals surface area contributed by atoms with E-state index < -0.39 is 6.23 Å². The van der Waals surface area contributed by atoms with Crippen LogP contribution in [0.1, 0.15) is 13.8 Å². The minimum Gasteiger partial charge on any atom is -0.371 e. The van der Waals surface area contributed by atoms with Crippen LogP contribution >= 0.6 is 0 Å². The first-order valence-corrected chi connectivity index (χ1v) is 3.18. The number of nitrogens with two attached hydrogens (primary N) is 1. The summed E-state index contributed by atoms with van der Waals surface area (Å²) in [5, 5.41) is 9.17. The second-order valence-corrected chi connectivity index (χ2v) is 2.44. The van der Waals surface area contributed by atoms with E-state index in [2.05, 4.69) is 9.98 Å². The molecule has 0 saturated carbocycles. The minimum absolute atomic E-state index is 0.00713. The summed E-state index contributed by atoms with van der Waals surface area (Å²) in [5.74, 6) is 0.162. The molecule has 0 saturated heterocycles. The largest absolute Gasteiger partial charge is 0.371 e. The van der Waals surface area contributed by atoms with Gasteiger partial charge in [-0.05, 0) is 6.92 Å². The molecule has 0 bridgehead atoms. The minimum atomic E-state index is -0.711. The number of aliphatic hydroxyl groups excluding tert-OH is 1. The van der Waals surface area contributed by atoms with Gasteiger partial charge in [-0.15, -0.1) is 0 Å². The smallest absolute Gasteiger partial charge is 0.217 e. The second-order valence-electron chi connectivity index (χ2n) is 2.44. The first-order chi connectivity index (χ1) is 4.61. The van der Waals surface area contributed by atoms with E-state index in [4.69, 9.17) is 5.73 Å². The molecule has 10 heavy (non-hydrogen) atoms. The van der Waals surface area contributed by atoms with Crippen molar-refractivity contribution >= 4 is 11.7 Å². The van der Waals surface area contributed by atoms with Crippen LogP contribution < -0.4 is 5.73 Å². The van der Waals surface area contributed by atoms with E-state index in [1.165, 1.54) is 0 Å². The third kappa shape index (κ3) is 1.16. The molecule has 2 unspecified atom stereocenters. The second kappa shape index (κ2) is 2.38. The van der Waals surface area contributed by atoms with Gasteiger partial charge in [0.2, 0.25) is 5.96 Å². The monoisotopic (exact) mass is 141 g/mol. The Balaban J connectivity index is 2.85. The molecule has 0 aromatic rings. The Morgan fingerprint density at radius 3 is 2.70 bits per heavy atom. The number of rotatable bonds is 0. The van der Waals surface area contributed by atoms with Crippen molar-refractivity contribution < 1.29 is 5.11 Å². The molecule has 4 nitrogen and oxygen atoms in total. The molecule has 4 heteroatoms. The van der Waals surface area contributed by atoms with Gasteiger partial charge in [0.1, 0.15) is 0 Å². The summed E-state index contributed by atoms with van der Waals surface area (Å²) in [7, 11) is 0. The maximum Gasteiger partial charge on any atom is 0.217 e. The predicted octanol–water partition coefficient (Wildman–Crippen LogP) is -0.270. The third-order valence-corrected chi connectivity index (χ3v) is 1.66. The van der Waals surface area contributed by atoms with Gasteiger partial charge in [-0.25, -0.2) is 9.98 Å². The van der Waals surface area contributed by atoms with Crippen molar-refractivity contribution in [3.63, 3.8) is 0 Å². The van der Waals surface area contributed by atoms with Gasteiger partial charge in [0.05, 0.1) is 0 Å². The summed E-state index contributed by atoms with van der Waals surface area (Å²) < 4.78 is 0. The summed E-state index contributed by atoms with van der Waals surface area (Å²) in [6.07, 6.45) is -0.711. The first kappa shape index (κ1) is 7.21. The van der Waals surface area contributed by atoms with E-state index in [1.807, 2.05) is 13.8 Å². The highest BCUT2D eigenvalue weighted by atomic mass is 16.3. The lowest BCUT2D eigenvalue weighted by Gasteiger charge is -2.18. The molecule has 1 aliphatic rings. The fraction of sp³-hybridized carbons (Fsp3) is 0.667. The van der Waals surface area contributed by atoms with Gasteiger partial charge in [0.15, 0.2) is 6.23 Å². The van der Waals surface area contributed by atoms with Crippen LogP contribution in [0, 0.1) is 5.92 Å². The van der Waals surface area contributed by atoms with E-state index >= 15 is 0 Å². The van der Waals surface area contributed by atoms with Crippen LogP contribution in [0.15, 0.2) is 9.98 Å². The number of aliphatic imine (C=N–C) groups is 2. The van der Waals surface area contributed by atoms with Crippen LogP contribution in [-0.2, 0) is 0 Å². The Morgan fingerprint density at radius 2 is 2.20 bits per heavy atom. The van der Waals surface area contributed by atoms with Crippen LogP contribution in [0.4, 0.5) is 0 Å². The zero-order valence-corrected chi connectivity index (χ0v) is 6.07. The molecule has 1 rings (SSSR count). The standard InChI is InChI=1S/C6H11N3O/c1-3-4(2)8-6(7)9-5(3)10/h3,5,10H,1-2H3,(H2,7,9). The van der Waals surface area contributed by atoms with Crippen molar-refractivity contribution in [3.8, 4) is 0 Å². The molecule has 0 aromatic carbocycles. The van der Waals surface area contributed by atoms with Gasteiger partial charge in [0, 0.05) is 11.6 Å². The van der Waals surface area contributed by atoms with E-state index in [1.54, 1.807) is 0 Å². The van der Waals surface area contributed by atoms with Gasteiger partial charge in [-0.1, -0.05) is 6.92 Å². The maximum absolute atomic E-state index is 9.17. The molecule has 0 fully saturated rings. The van der Waals surface area contributed by atoms with Gasteiger partial charge < -0.3 is 10.8 Å². The van der Waals surface area contributed by atoms with E-state index in [0.717, 1.165) is 5.71 Å². The quantitative estimate of drug-likeness (QED) is 0.487. The molecule has 3 N–H and O–H groups in total. The average Bonchev–Trinajstić information content (AvgIpc) is 1.82. The van der Waals surface area contributed by atoms with Crippen molar-refractivity contribution in [2.24, 2.45) is 21.6 Å². The topological polar surface area (TPSA) is 71.0 Å². The van der Waals surface area contributed by atoms with E-state index in [-0.39, 0.29) is 11.9 Å². The Labute approximate surface area is 59.5 Å². The fourth-order valence-electron chi connectivity index (χ4n) is 0.774. The normalized spacial score (nSPS) is 33.1. The zero-order valence-electron chi connectivity index (χ0n) is 6.07. The molecular formula is C6H11N3O. The lowest BCUT2D eigenvalue weighted by atomic mass is 10.1. The van der Waals surface area contributed by atoms with Crippen LogP contribution in [-0.4, -0.2) is 23.0 Å². The van der Waals surface area contributed by atoms with Gasteiger partial charge in [-0.2, -0.15) is 0 Å². The first-order valence-electron chi connectivity index (χ1n) is 3.18. The Hall–Kier alpha value is -0.900. The third-order valence-electron chi connectivity index (χ3n) is 1.66. The molecular weight excluding hydrogens is 130 g/mol. The predicted molar refractivity (Wildman–Crippen MR) is 39.9 cm³/mol. The van der Waals surface area contributed by atoms with Crippen molar-refractivity contribution in [1.29, 1.82) is 0 Å². The molecule has 1 heterocycles. The van der Waals surface area contributed by atoms with Gasteiger partial charge >= 0.3 is 0 Å². The zero-order chi connectivity index (χ0) is 7.72. The highest BCUT2D eigenvalue weighted by molar-refractivity contribution is 5.98. The number of hydrogen-bond donors (Lipinski definition) is 2. The number of aliphatic hydroxyl groups is 1. The highest BCUT2D eigenvalue weighted by Crippen LogP contribution is 2.10. The molecule has 0 amide bonds. The fourth-order valence-corrected chi connectivity index (χ4v) is 0.774. The molecule has 56 valence electrons. The maximum atomic E-state index is 9.17. The van der Waals surface area contributed by atoms with Crippen LogP contribution in [0.25, 0.3) is 0 Å². The Kier molecular flexibility index (Phi) is 1.72. The highest BCUT2D eigenvalue weighted by Gasteiger charge is 2.20. The SMILES string of the molecule is CC1=NC(N)=NC(O)C1C. The lowest BCUT2D eigenvalue weighted by Crippen LogP contribution is -2.30. The van der Waals surface area contributed by atoms with Crippen LogP contribution in [0.3, 0.4) is 0 Å². The molecule has 0 aromatic heterocycles. The summed E-state index contributed by atoms with van der Waals surface area (Å²) in [6, 6.07) is 0. The van der Waals surface area contributed by atoms with E-state index in [0.29, 0.717) is 0 Å². The van der Waals surface area contributed by atoms with Crippen molar-refractivity contribution in [3.05, 3.63) is 0 Å². The number of nitrogens with zero attached hydrogens (tertiary/aromatic N) is 2. The Morgan fingerprint density at radius 1 is 1.60 bits per heavy atom. The summed E-state index contributed by atoms with van der Waals surface area (Å²) in [6.45, 7) is 3.69. The molecule has 1 aliphatic heterocycles. The molecule has 0 aliphatic carbocycles. The van der Waals surface area contributed by atoms with Crippen LogP contribution in [0.2, 0.25) is 0 Å². The summed E-state index contributed by atoms with van der Waals surface area (Å²) in [5.41, 5.74) is 6.11. The average molecular weight is 141 g/mol. The van der Waals surface area contributed by atoms with Gasteiger partial charge in [0.25, 0.3) is 0 Å². The molecule has 0 radical (unpaired) electrons. The van der Waals surface area contributed by atoms with Crippen molar-refractivity contribution in [2.75, 3.05) is 0 Å². The Bertz CT molecular complexity index is 197. The molecule has 0 spiro atoms.